The molecule has 1 saturated heterocycles. The summed E-state index contributed by atoms with van der Waals surface area (Å²) in [5, 5.41) is 0. The van der Waals surface area contributed by atoms with Crippen molar-refractivity contribution >= 4 is 11.6 Å². The van der Waals surface area contributed by atoms with E-state index in [0.717, 1.165) is 32.4 Å². The number of carbonyl (C=O) groups excluding carboxylic acids is 1. The van der Waals surface area contributed by atoms with Crippen LogP contribution in [0.5, 0.6) is 0 Å². The number of nitrogens with zero attached hydrogens (tertiary/aromatic N) is 1. The number of rotatable bonds is 1. The van der Waals surface area contributed by atoms with Crippen molar-refractivity contribution in [3.05, 3.63) is 29.6 Å². The first kappa shape index (κ1) is 10.9. The van der Waals surface area contributed by atoms with Gasteiger partial charge in [-0.25, -0.2) is 4.39 Å². The van der Waals surface area contributed by atoms with Crippen molar-refractivity contribution in [2.24, 2.45) is 0 Å². The largest absolute Gasteiger partial charge is 0.396 e. The highest BCUT2D eigenvalue weighted by Gasteiger charge is 2.20. The zero-order chi connectivity index (χ0) is 11.5. The minimum Gasteiger partial charge on any atom is -0.396 e. The SMILES string of the molecule is Nc1c(F)cccc1C(=O)N1CCCCC1. The van der Waals surface area contributed by atoms with E-state index in [4.69, 9.17) is 5.73 Å². The first-order chi connectivity index (χ1) is 7.70. The molecule has 1 aromatic carbocycles. The molecular formula is C12H15FN2O. The van der Waals surface area contributed by atoms with Gasteiger partial charge in [0.15, 0.2) is 0 Å². The molecule has 1 amide bonds. The summed E-state index contributed by atoms with van der Waals surface area (Å²) in [6.07, 6.45) is 3.18. The van der Waals surface area contributed by atoms with E-state index < -0.39 is 5.82 Å². The van der Waals surface area contributed by atoms with E-state index >= 15 is 0 Å². The van der Waals surface area contributed by atoms with E-state index in [9.17, 15) is 9.18 Å². The van der Waals surface area contributed by atoms with Crippen molar-refractivity contribution in [2.45, 2.75) is 19.3 Å². The van der Waals surface area contributed by atoms with Crippen LogP contribution in [0.3, 0.4) is 0 Å². The van der Waals surface area contributed by atoms with Gasteiger partial charge in [0.1, 0.15) is 5.82 Å². The van der Waals surface area contributed by atoms with Gasteiger partial charge in [0.25, 0.3) is 5.91 Å². The van der Waals surface area contributed by atoms with Crippen molar-refractivity contribution in [3.8, 4) is 0 Å². The van der Waals surface area contributed by atoms with Crippen LogP contribution in [0, 0.1) is 5.82 Å². The van der Waals surface area contributed by atoms with Crippen molar-refractivity contribution < 1.29 is 9.18 Å². The van der Waals surface area contributed by atoms with Crippen LogP contribution in [0.2, 0.25) is 0 Å². The van der Waals surface area contributed by atoms with Gasteiger partial charge in [-0.2, -0.15) is 0 Å². The molecule has 0 saturated carbocycles. The number of halogens is 1. The number of para-hydroxylation sites is 1. The van der Waals surface area contributed by atoms with Crippen LogP contribution < -0.4 is 5.73 Å². The number of hydrogen-bond acceptors (Lipinski definition) is 2. The van der Waals surface area contributed by atoms with Gasteiger partial charge in [-0.1, -0.05) is 6.07 Å². The number of likely N-dealkylation sites (tertiary alicyclic amines) is 1. The molecule has 4 heteroatoms. The Hall–Kier alpha value is -1.58. The number of amides is 1. The Morgan fingerprint density at radius 2 is 1.94 bits per heavy atom. The first-order valence-electron chi connectivity index (χ1n) is 5.53. The van der Waals surface area contributed by atoms with Crippen LogP contribution in [-0.2, 0) is 0 Å². The molecule has 16 heavy (non-hydrogen) atoms. The number of nitrogen functional groups attached to an aromatic ring is 1. The summed E-state index contributed by atoms with van der Waals surface area (Å²) in [4.78, 5) is 13.8. The lowest BCUT2D eigenvalue weighted by Crippen LogP contribution is -2.36. The Morgan fingerprint density at radius 1 is 1.25 bits per heavy atom. The number of carbonyl (C=O) groups is 1. The molecule has 0 atom stereocenters. The van der Waals surface area contributed by atoms with E-state index in [1.165, 1.54) is 12.1 Å². The summed E-state index contributed by atoms with van der Waals surface area (Å²) >= 11 is 0. The summed E-state index contributed by atoms with van der Waals surface area (Å²) in [6.45, 7) is 1.49. The fourth-order valence-electron chi connectivity index (χ4n) is 1.99. The Balaban J connectivity index is 2.22. The molecule has 3 nitrogen and oxygen atoms in total. The fourth-order valence-corrected chi connectivity index (χ4v) is 1.99. The smallest absolute Gasteiger partial charge is 0.256 e. The van der Waals surface area contributed by atoms with Crippen LogP contribution in [0.4, 0.5) is 10.1 Å². The second kappa shape index (κ2) is 4.51. The maximum absolute atomic E-state index is 13.2. The summed E-state index contributed by atoms with van der Waals surface area (Å²) in [5.41, 5.74) is 5.80. The van der Waals surface area contributed by atoms with E-state index in [2.05, 4.69) is 0 Å². The zero-order valence-corrected chi connectivity index (χ0v) is 9.08. The molecule has 0 aliphatic carbocycles. The number of piperidine rings is 1. The molecule has 86 valence electrons. The molecule has 0 unspecified atom stereocenters. The van der Waals surface area contributed by atoms with E-state index in [0.29, 0.717) is 0 Å². The van der Waals surface area contributed by atoms with Crippen molar-refractivity contribution in [2.75, 3.05) is 18.8 Å². The summed E-state index contributed by atoms with van der Waals surface area (Å²) in [7, 11) is 0. The Morgan fingerprint density at radius 3 is 2.62 bits per heavy atom. The monoisotopic (exact) mass is 222 g/mol. The molecule has 0 radical (unpaired) electrons. The fraction of sp³-hybridized carbons (Fsp3) is 0.417. The molecule has 1 aliphatic rings. The molecule has 1 heterocycles. The zero-order valence-electron chi connectivity index (χ0n) is 9.08. The molecule has 0 aromatic heterocycles. The predicted molar refractivity (Wildman–Crippen MR) is 60.6 cm³/mol. The van der Waals surface area contributed by atoms with Crippen molar-refractivity contribution in [1.82, 2.24) is 4.90 Å². The number of nitrogens with two attached hydrogens (primary N) is 1. The lowest BCUT2D eigenvalue weighted by atomic mass is 10.1. The topological polar surface area (TPSA) is 46.3 Å². The molecule has 2 N–H and O–H groups in total. The lowest BCUT2D eigenvalue weighted by molar-refractivity contribution is 0.0725. The number of anilines is 1. The maximum Gasteiger partial charge on any atom is 0.256 e. The first-order valence-corrected chi connectivity index (χ1v) is 5.53. The van der Waals surface area contributed by atoms with Gasteiger partial charge in [-0.05, 0) is 31.4 Å². The molecule has 1 aliphatic heterocycles. The van der Waals surface area contributed by atoms with Gasteiger partial charge in [0, 0.05) is 13.1 Å². The van der Waals surface area contributed by atoms with Crippen molar-refractivity contribution in [3.63, 3.8) is 0 Å². The second-order valence-electron chi connectivity index (χ2n) is 4.05. The Bertz CT molecular complexity index is 400. The third kappa shape index (κ3) is 2.01. The van der Waals surface area contributed by atoms with Crippen LogP contribution in [0.25, 0.3) is 0 Å². The van der Waals surface area contributed by atoms with E-state index in [1.807, 2.05) is 0 Å². The predicted octanol–water partition coefficient (Wildman–Crippen LogP) is 2.03. The Kier molecular flexibility index (Phi) is 3.08. The maximum atomic E-state index is 13.2. The molecule has 1 fully saturated rings. The standard InChI is InChI=1S/C12H15FN2O/c13-10-6-4-5-9(11(10)14)12(16)15-7-2-1-3-8-15/h4-6H,1-3,7-8,14H2. The highest BCUT2D eigenvalue weighted by molar-refractivity contribution is 5.99. The van der Waals surface area contributed by atoms with Gasteiger partial charge in [0.2, 0.25) is 0 Å². The average Bonchev–Trinajstić information content (AvgIpc) is 2.33. The molecule has 0 spiro atoms. The van der Waals surface area contributed by atoms with Gasteiger partial charge in [0.05, 0.1) is 11.3 Å². The van der Waals surface area contributed by atoms with Crippen LogP contribution in [0.15, 0.2) is 18.2 Å². The number of benzene rings is 1. The van der Waals surface area contributed by atoms with Crippen LogP contribution >= 0.6 is 0 Å². The highest BCUT2D eigenvalue weighted by atomic mass is 19.1. The third-order valence-corrected chi connectivity index (χ3v) is 2.93. The van der Waals surface area contributed by atoms with Gasteiger partial charge in [-0.3, -0.25) is 4.79 Å². The normalized spacial score (nSPS) is 16.2. The average molecular weight is 222 g/mol. The quantitative estimate of drug-likeness (QED) is 0.739. The summed E-state index contributed by atoms with van der Waals surface area (Å²) in [5.74, 6) is -0.681. The van der Waals surface area contributed by atoms with Gasteiger partial charge in [-0.15, -0.1) is 0 Å². The lowest BCUT2D eigenvalue weighted by Gasteiger charge is -2.27. The minimum absolute atomic E-state index is 0.0435. The second-order valence-corrected chi connectivity index (χ2v) is 4.05. The molecule has 2 rings (SSSR count). The summed E-state index contributed by atoms with van der Waals surface area (Å²) < 4.78 is 13.2. The minimum atomic E-state index is -0.525. The van der Waals surface area contributed by atoms with Gasteiger partial charge >= 0.3 is 0 Å². The molecule has 1 aromatic rings. The van der Waals surface area contributed by atoms with E-state index in [1.54, 1.807) is 11.0 Å². The number of hydrogen-bond donors (Lipinski definition) is 1. The van der Waals surface area contributed by atoms with Crippen molar-refractivity contribution in [1.29, 1.82) is 0 Å². The highest BCUT2D eigenvalue weighted by Crippen LogP contribution is 2.19. The Labute approximate surface area is 94.0 Å². The molecular weight excluding hydrogens is 207 g/mol. The summed E-state index contributed by atoms with van der Waals surface area (Å²) in [6, 6.07) is 4.36. The van der Waals surface area contributed by atoms with Crippen LogP contribution in [0.1, 0.15) is 29.6 Å². The van der Waals surface area contributed by atoms with Crippen LogP contribution in [-0.4, -0.2) is 23.9 Å². The third-order valence-electron chi connectivity index (χ3n) is 2.93. The molecule has 0 bridgehead atoms. The van der Waals surface area contributed by atoms with Gasteiger partial charge < -0.3 is 10.6 Å². The van der Waals surface area contributed by atoms with E-state index in [-0.39, 0.29) is 17.2 Å².